The molecule has 24 heavy (non-hydrogen) atoms. The Bertz CT molecular complexity index is 764. The highest BCUT2D eigenvalue weighted by Crippen LogP contribution is 2.59. The number of nitrogens with zero attached hydrogens (tertiary/aromatic N) is 2. The number of rotatable bonds is 5. The van der Waals surface area contributed by atoms with Crippen molar-refractivity contribution in [2.75, 3.05) is 5.75 Å². The summed E-state index contributed by atoms with van der Waals surface area (Å²) in [5.41, 5.74) is 3.09. The van der Waals surface area contributed by atoms with Gasteiger partial charge in [-0.05, 0) is 60.8 Å². The molecule has 1 saturated carbocycles. The third-order valence-electron chi connectivity index (χ3n) is 5.70. The predicted molar refractivity (Wildman–Crippen MR) is 98.7 cm³/mol. The van der Waals surface area contributed by atoms with Crippen molar-refractivity contribution in [1.29, 1.82) is 0 Å². The zero-order valence-corrected chi connectivity index (χ0v) is 15.6. The van der Waals surface area contributed by atoms with Crippen LogP contribution in [-0.2, 0) is 0 Å². The first-order valence-electron chi connectivity index (χ1n) is 8.45. The van der Waals surface area contributed by atoms with E-state index >= 15 is 0 Å². The minimum absolute atomic E-state index is 0.222. The van der Waals surface area contributed by atoms with Gasteiger partial charge in [-0.15, -0.1) is 10.2 Å². The van der Waals surface area contributed by atoms with Crippen LogP contribution < -0.4 is 0 Å². The zero-order chi connectivity index (χ0) is 16.7. The number of aromatic nitrogens is 2. The van der Waals surface area contributed by atoms with Crippen molar-refractivity contribution in [2.24, 2.45) is 17.3 Å². The fourth-order valence-electron chi connectivity index (χ4n) is 3.99. The summed E-state index contributed by atoms with van der Waals surface area (Å²) in [6.45, 7) is 4.84. The van der Waals surface area contributed by atoms with E-state index in [9.17, 15) is 4.39 Å². The molecule has 126 valence electrons. The summed E-state index contributed by atoms with van der Waals surface area (Å²) < 4.78 is 14.0. The molecule has 0 N–H and O–H groups in total. The van der Waals surface area contributed by atoms with E-state index in [1.165, 1.54) is 25.0 Å². The summed E-state index contributed by atoms with van der Waals surface area (Å²) in [5.74, 6) is 2.53. The van der Waals surface area contributed by atoms with Crippen LogP contribution in [0.5, 0.6) is 0 Å². The highest BCUT2D eigenvalue weighted by molar-refractivity contribution is 8.01. The minimum atomic E-state index is -0.222. The normalized spacial score (nSPS) is 24.4. The van der Waals surface area contributed by atoms with E-state index in [0.717, 1.165) is 38.9 Å². The van der Waals surface area contributed by atoms with Gasteiger partial charge in [-0.2, -0.15) is 0 Å². The molecule has 5 heteroatoms. The molecular formula is C19H21FN2S2. The van der Waals surface area contributed by atoms with Gasteiger partial charge in [0.05, 0.1) is 0 Å². The standard InChI is InChI=1S/C19H21FN2S2/c1-19(2)14-6-3-12(16(19)11-14)9-10-23-18-22-21-17(24-18)13-4-7-15(20)8-5-13/h3-5,7-8,14,16H,6,9-11H2,1-2H3. The van der Waals surface area contributed by atoms with Crippen LogP contribution in [0.25, 0.3) is 10.6 Å². The second-order valence-corrected chi connectivity index (χ2v) is 9.62. The molecule has 1 aromatic carbocycles. The topological polar surface area (TPSA) is 25.8 Å². The number of thioether (sulfide) groups is 1. The first-order chi connectivity index (χ1) is 11.5. The summed E-state index contributed by atoms with van der Waals surface area (Å²) in [6.07, 6.45) is 6.28. The Hall–Kier alpha value is -1.20. The number of hydrogen-bond donors (Lipinski definition) is 0. The summed E-state index contributed by atoms with van der Waals surface area (Å²) in [7, 11) is 0. The Morgan fingerprint density at radius 1 is 1.25 bits per heavy atom. The van der Waals surface area contributed by atoms with Crippen molar-refractivity contribution in [1.82, 2.24) is 10.2 Å². The number of halogens is 1. The van der Waals surface area contributed by atoms with Crippen molar-refractivity contribution >= 4 is 23.1 Å². The SMILES string of the molecule is CC1(C)C2CC=C(CCSc3nnc(-c4ccc(F)cc4)s3)C1C2. The van der Waals surface area contributed by atoms with Crippen LogP contribution in [0.15, 0.2) is 40.3 Å². The van der Waals surface area contributed by atoms with E-state index in [1.54, 1.807) is 40.8 Å². The first kappa shape index (κ1) is 16.3. The Kier molecular flexibility index (Phi) is 4.25. The van der Waals surface area contributed by atoms with Crippen molar-refractivity contribution in [2.45, 2.75) is 37.4 Å². The number of hydrogen-bond acceptors (Lipinski definition) is 4. The lowest BCUT2D eigenvalue weighted by Gasteiger charge is -2.56. The molecule has 2 unspecified atom stereocenters. The second-order valence-electron chi connectivity index (χ2n) is 7.30. The molecule has 0 amide bonds. The van der Waals surface area contributed by atoms with Crippen LogP contribution in [0.1, 0.15) is 33.1 Å². The molecule has 5 rings (SSSR count). The summed E-state index contributed by atoms with van der Waals surface area (Å²) in [4.78, 5) is 0. The van der Waals surface area contributed by atoms with Gasteiger partial charge in [0.2, 0.25) is 0 Å². The highest BCUT2D eigenvalue weighted by atomic mass is 32.2. The third-order valence-corrected chi connectivity index (χ3v) is 7.80. The molecule has 0 aliphatic heterocycles. The Balaban J connectivity index is 1.34. The number of fused-ring (bicyclic) bond motifs is 1. The van der Waals surface area contributed by atoms with Crippen molar-refractivity contribution in [3.63, 3.8) is 0 Å². The average Bonchev–Trinajstić information content (AvgIpc) is 3.04. The fourth-order valence-corrected chi connectivity index (χ4v) is 5.91. The molecule has 3 aliphatic rings. The number of allylic oxidation sites excluding steroid dienone is 2. The van der Waals surface area contributed by atoms with Crippen molar-refractivity contribution < 1.29 is 4.39 Å². The lowest BCUT2D eigenvalue weighted by atomic mass is 9.48. The lowest BCUT2D eigenvalue weighted by Crippen LogP contribution is -2.48. The maximum atomic E-state index is 13.0. The molecule has 0 radical (unpaired) electrons. The smallest absolute Gasteiger partial charge is 0.174 e. The van der Waals surface area contributed by atoms with Crippen LogP contribution in [0.3, 0.4) is 0 Å². The van der Waals surface area contributed by atoms with Gasteiger partial charge in [-0.3, -0.25) is 0 Å². The largest absolute Gasteiger partial charge is 0.207 e. The molecule has 1 aromatic heterocycles. The highest BCUT2D eigenvalue weighted by Gasteiger charge is 2.50. The van der Waals surface area contributed by atoms with Gasteiger partial charge in [0, 0.05) is 11.3 Å². The minimum Gasteiger partial charge on any atom is -0.207 e. The number of benzene rings is 1. The quantitative estimate of drug-likeness (QED) is 0.496. The summed E-state index contributed by atoms with van der Waals surface area (Å²) in [6, 6.07) is 6.44. The molecule has 2 atom stereocenters. The molecule has 3 aliphatic carbocycles. The van der Waals surface area contributed by atoms with E-state index in [1.807, 2.05) is 0 Å². The van der Waals surface area contributed by atoms with Gasteiger partial charge in [-0.25, -0.2) is 4.39 Å². The molecule has 1 fully saturated rings. The Labute approximate surface area is 150 Å². The molecule has 1 heterocycles. The molecule has 0 spiro atoms. The van der Waals surface area contributed by atoms with Gasteiger partial charge in [-0.1, -0.05) is 48.6 Å². The van der Waals surface area contributed by atoms with Crippen LogP contribution in [-0.4, -0.2) is 16.0 Å². The van der Waals surface area contributed by atoms with Gasteiger partial charge in [0.1, 0.15) is 10.8 Å². The molecular weight excluding hydrogens is 339 g/mol. The third kappa shape index (κ3) is 2.93. The van der Waals surface area contributed by atoms with Gasteiger partial charge in [0.15, 0.2) is 4.34 Å². The van der Waals surface area contributed by atoms with Crippen molar-refractivity contribution in [3.8, 4) is 10.6 Å². The van der Waals surface area contributed by atoms with Crippen molar-refractivity contribution in [3.05, 3.63) is 41.7 Å². The van der Waals surface area contributed by atoms with Gasteiger partial charge >= 0.3 is 0 Å². The summed E-state index contributed by atoms with van der Waals surface area (Å²) >= 11 is 3.37. The second kappa shape index (κ2) is 6.26. The van der Waals surface area contributed by atoms with Crippen LogP contribution in [0, 0.1) is 23.1 Å². The van der Waals surface area contributed by atoms with E-state index in [4.69, 9.17) is 0 Å². The monoisotopic (exact) mass is 360 g/mol. The average molecular weight is 361 g/mol. The van der Waals surface area contributed by atoms with E-state index in [2.05, 4.69) is 30.1 Å². The van der Waals surface area contributed by atoms with Crippen LogP contribution >= 0.6 is 23.1 Å². The first-order valence-corrected chi connectivity index (χ1v) is 10.3. The maximum Gasteiger partial charge on any atom is 0.174 e. The van der Waals surface area contributed by atoms with Gasteiger partial charge < -0.3 is 0 Å². The van der Waals surface area contributed by atoms with E-state index in [-0.39, 0.29) is 5.82 Å². The Morgan fingerprint density at radius 3 is 2.75 bits per heavy atom. The van der Waals surface area contributed by atoms with Gasteiger partial charge in [0.25, 0.3) is 0 Å². The molecule has 2 aromatic rings. The lowest BCUT2D eigenvalue weighted by molar-refractivity contribution is -0.00767. The molecule has 0 saturated heterocycles. The zero-order valence-electron chi connectivity index (χ0n) is 14.0. The molecule has 2 bridgehead atoms. The van der Waals surface area contributed by atoms with Crippen LogP contribution in [0.2, 0.25) is 0 Å². The fraction of sp³-hybridized carbons (Fsp3) is 0.474. The van der Waals surface area contributed by atoms with Crippen LogP contribution in [0.4, 0.5) is 4.39 Å². The summed E-state index contributed by atoms with van der Waals surface area (Å²) in [5, 5.41) is 9.37. The van der Waals surface area contributed by atoms with E-state index < -0.39 is 0 Å². The predicted octanol–water partition coefficient (Wildman–Crippen LogP) is 5.82. The molecule has 2 nitrogen and oxygen atoms in total. The van der Waals surface area contributed by atoms with E-state index in [0.29, 0.717) is 5.41 Å². The Morgan fingerprint density at radius 2 is 2.04 bits per heavy atom. The maximum absolute atomic E-state index is 13.0.